The average Bonchev–Trinajstić information content (AvgIpc) is 2.69. The first-order valence-corrected chi connectivity index (χ1v) is 8.59. The van der Waals surface area contributed by atoms with Crippen molar-refractivity contribution in [3.63, 3.8) is 0 Å². The average molecular weight is 421 g/mol. The molecule has 0 bridgehead atoms. The van der Waals surface area contributed by atoms with E-state index in [1.54, 1.807) is 24.3 Å². The lowest BCUT2D eigenvalue weighted by Gasteiger charge is -2.10. The molecule has 0 aromatic heterocycles. The number of rotatable bonds is 6. The van der Waals surface area contributed by atoms with Crippen LogP contribution in [-0.2, 0) is 9.59 Å². The van der Waals surface area contributed by atoms with E-state index in [1.165, 1.54) is 18.2 Å². The van der Waals surface area contributed by atoms with Gasteiger partial charge in [-0.1, -0.05) is 35.3 Å². The third-order valence-corrected chi connectivity index (χ3v) is 3.84. The van der Waals surface area contributed by atoms with E-state index in [4.69, 9.17) is 33.2 Å². The van der Waals surface area contributed by atoms with Gasteiger partial charge in [-0.3, -0.25) is 25.2 Å². The molecule has 0 unspecified atom stereocenters. The monoisotopic (exact) mass is 420 g/mol. The molecular formula is C18H14Cl2N4O4. The number of nitrogens with zero attached hydrogens (tertiary/aromatic N) is 1. The molecule has 0 fully saturated rings. The van der Waals surface area contributed by atoms with Gasteiger partial charge in [0.1, 0.15) is 11.8 Å². The number of hydrogen-bond acceptors (Lipinski definition) is 5. The Hall–Kier alpha value is -3.28. The highest BCUT2D eigenvalue weighted by Crippen LogP contribution is 2.20. The number of para-hydroxylation sites is 1. The first-order valence-electron chi connectivity index (χ1n) is 7.83. The molecule has 0 saturated heterocycles. The van der Waals surface area contributed by atoms with Crippen LogP contribution in [0.25, 0.3) is 0 Å². The molecule has 144 valence electrons. The third-order valence-electron chi connectivity index (χ3n) is 3.29. The molecule has 0 aliphatic carbocycles. The summed E-state index contributed by atoms with van der Waals surface area (Å²) in [6.45, 7) is -0.804. The van der Waals surface area contributed by atoms with Crippen LogP contribution in [0.4, 0.5) is 0 Å². The molecule has 3 N–H and O–H groups in total. The van der Waals surface area contributed by atoms with E-state index >= 15 is 0 Å². The second-order valence-electron chi connectivity index (χ2n) is 5.30. The third kappa shape index (κ3) is 6.16. The Bertz CT molecular complexity index is 943. The predicted octanol–water partition coefficient (Wildman–Crippen LogP) is 1.82. The van der Waals surface area contributed by atoms with Crippen molar-refractivity contribution in [3.05, 3.63) is 63.6 Å². The Kier molecular flexibility index (Phi) is 7.63. The number of benzene rings is 2. The summed E-state index contributed by atoms with van der Waals surface area (Å²) in [5.74, 6) is -1.63. The fourth-order valence-electron chi connectivity index (χ4n) is 1.98. The molecule has 0 spiro atoms. The molecule has 0 heterocycles. The molecule has 2 rings (SSSR count). The Labute approximate surface area is 170 Å². The van der Waals surface area contributed by atoms with E-state index in [9.17, 15) is 14.4 Å². The van der Waals surface area contributed by atoms with Gasteiger partial charge in [0.05, 0.1) is 22.7 Å². The normalized spacial score (nSPS) is 9.75. The van der Waals surface area contributed by atoms with Crippen molar-refractivity contribution in [2.45, 2.75) is 0 Å². The second-order valence-corrected chi connectivity index (χ2v) is 6.14. The number of amides is 3. The van der Waals surface area contributed by atoms with Crippen LogP contribution in [-0.4, -0.2) is 30.9 Å². The summed E-state index contributed by atoms with van der Waals surface area (Å²) in [6, 6.07) is 12.7. The second kappa shape index (κ2) is 10.2. The number of carbonyl (C=O) groups is 3. The van der Waals surface area contributed by atoms with Crippen LogP contribution in [0.3, 0.4) is 0 Å². The van der Waals surface area contributed by atoms with Crippen molar-refractivity contribution in [3.8, 4) is 11.8 Å². The highest BCUT2D eigenvalue weighted by molar-refractivity contribution is 6.36. The van der Waals surface area contributed by atoms with E-state index in [1.807, 2.05) is 6.07 Å². The number of nitrogens with one attached hydrogen (secondary N) is 3. The number of halogens is 2. The Morgan fingerprint density at radius 2 is 1.75 bits per heavy atom. The quantitative estimate of drug-likeness (QED) is 0.615. The van der Waals surface area contributed by atoms with Crippen LogP contribution in [0.2, 0.25) is 10.0 Å². The summed E-state index contributed by atoms with van der Waals surface area (Å²) in [4.78, 5) is 35.4. The zero-order chi connectivity index (χ0) is 20.5. The summed E-state index contributed by atoms with van der Waals surface area (Å²) in [5, 5.41) is 11.8. The summed E-state index contributed by atoms with van der Waals surface area (Å²) < 4.78 is 5.22. The number of nitriles is 1. The number of carbonyl (C=O) groups excluding carboxylic acids is 3. The van der Waals surface area contributed by atoms with Crippen molar-refractivity contribution in [1.82, 2.24) is 16.2 Å². The maximum atomic E-state index is 12.0. The lowest BCUT2D eigenvalue weighted by Crippen LogP contribution is -2.47. The summed E-state index contributed by atoms with van der Waals surface area (Å²) in [6.07, 6.45) is 0. The maximum absolute atomic E-state index is 12.0. The van der Waals surface area contributed by atoms with Crippen LogP contribution in [0.15, 0.2) is 42.5 Å². The standard InChI is InChI=1S/C18H14Cl2N4O4/c19-12-5-6-13(14(20)7-12)18(27)22-9-16(25)23-24-17(26)10-28-15-4-2-1-3-11(15)8-21/h1-7H,9-10H2,(H,22,27)(H,23,25)(H,24,26). The van der Waals surface area contributed by atoms with E-state index in [2.05, 4.69) is 16.2 Å². The van der Waals surface area contributed by atoms with Gasteiger partial charge in [-0.25, -0.2) is 0 Å². The van der Waals surface area contributed by atoms with E-state index in [0.717, 1.165) is 0 Å². The van der Waals surface area contributed by atoms with Gasteiger partial charge in [-0.2, -0.15) is 5.26 Å². The van der Waals surface area contributed by atoms with Crippen LogP contribution in [0, 0.1) is 11.3 Å². The van der Waals surface area contributed by atoms with E-state index in [0.29, 0.717) is 5.02 Å². The Balaban J connectivity index is 1.74. The number of hydrogen-bond donors (Lipinski definition) is 3. The highest BCUT2D eigenvalue weighted by atomic mass is 35.5. The predicted molar refractivity (Wildman–Crippen MR) is 102 cm³/mol. The molecule has 28 heavy (non-hydrogen) atoms. The SMILES string of the molecule is N#Cc1ccccc1OCC(=O)NNC(=O)CNC(=O)c1ccc(Cl)cc1Cl. The van der Waals surface area contributed by atoms with Gasteiger partial charge < -0.3 is 10.1 Å². The molecule has 2 aromatic carbocycles. The lowest BCUT2D eigenvalue weighted by atomic mass is 10.2. The molecule has 10 heteroatoms. The fourth-order valence-corrected chi connectivity index (χ4v) is 2.47. The summed E-state index contributed by atoms with van der Waals surface area (Å²) >= 11 is 11.7. The molecule has 0 radical (unpaired) electrons. The molecule has 2 aromatic rings. The van der Waals surface area contributed by atoms with Crippen LogP contribution in [0.1, 0.15) is 15.9 Å². The zero-order valence-corrected chi connectivity index (χ0v) is 15.8. The van der Waals surface area contributed by atoms with Gasteiger partial charge in [-0.05, 0) is 30.3 Å². The molecule has 0 saturated carbocycles. The minimum atomic E-state index is -0.663. The fraction of sp³-hybridized carbons (Fsp3) is 0.111. The van der Waals surface area contributed by atoms with E-state index in [-0.39, 0.29) is 21.9 Å². The van der Waals surface area contributed by atoms with Crippen molar-refractivity contribution >= 4 is 40.9 Å². The van der Waals surface area contributed by atoms with Crippen LogP contribution >= 0.6 is 23.2 Å². The molecule has 0 aliphatic rings. The Morgan fingerprint density at radius 1 is 1.04 bits per heavy atom. The van der Waals surface area contributed by atoms with Gasteiger partial charge in [0, 0.05) is 5.02 Å². The van der Waals surface area contributed by atoms with Gasteiger partial charge in [0.25, 0.3) is 17.7 Å². The number of hydrazine groups is 1. The van der Waals surface area contributed by atoms with Crippen LogP contribution in [0.5, 0.6) is 5.75 Å². The Morgan fingerprint density at radius 3 is 2.46 bits per heavy atom. The molecule has 3 amide bonds. The minimum Gasteiger partial charge on any atom is -0.482 e. The largest absolute Gasteiger partial charge is 0.482 e. The molecule has 0 atom stereocenters. The minimum absolute atomic E-state index is 0.147. The van der Waals surface area contributed by atoms with Crippen molar-refractivity contribution in [2.24, 2.45) is 0 Å². The molecule has 8 nitrogen and oxygen atoms in total. The first-order chi connectivity index (χ1) is 13.4. The van der Waals surface area contributed by atoms with Crippen molar-refractivity contribution in [1.29, 1.82) is 5.26 Å². The maximum Gasteiger partial charge on any atom is 0.276 e. The molecule has 0 aliphatic heterocycles. The number of ether oxygens (including phenoxy) is 1. The summed E-state index contributed by atoms with van der Waals surface area (Å²) in [5.41, 5.74) is 4.70. The smallest absolute Gasteiger partial charge is 0.276 e. The zero-order valence-electron chi connectivity index (χ0n) is 14.3. The van der Waals surface area contributed by atoms with Crippen molar-refractivity contribution < 1.29 is 19.1 Å². The molecular weight excluding hydrogens is 407 g/mol. The summed E-state index contributed by atoms with van der Waals surface area (Å²) in [7, 11) is 0. The topological polar surface area (TPSA) is 120 Å². The van der Waals surface area contributed by atoms with Crippen LogP contribution < -0.4 is 20.9 Å². The van der Waals surface area contributed by atoms with Gasteiger partial charge in [0.2, 0.25) is 0 Å². The van der Waals surface area contributed by atoms with Crippen molar-refractivity contribution in [2.75, 3.05) is 13.2 Å². The first kappa shape index (κ1) is 21.0. The van der Waals surface area contributed by atoms with Gasteiger partial charge in [-0.15, -0.1) is 0 Å². The van der Waals surface area contributed by atoms with Gasteiger partial charge in [0.15, 0.2) is 6.61 Å². The van der Waals surface area contributed by atoms with E-state index < -0.39 is 30.9 Å². The highest BCUT2D eigenvalue weighted by Gasteiger charge is 2.13. The van der Waals surface area contributed by atoms with Gasteiger partial charge >= 0.3 is 0 Å². The lowest BCUT2D eigenvalue weighted by molar-refractivity contribution is -0.129.